The number of halogens is 1. The Morgan fingerprint density at radius 1 is 0.682 bits per heavy atom. The van der Waals surface area contributed by atoms with E-state index in [4.69, 9.17) is 0 Å². The van der Waals surface area contributed by atoms with Crippen molar-refractivity contribution >= 4 is 50.1 Å². The molecule has 0 aromatic heterocycles. The molecule has 1 aliphatic rings. The van der Waals surface area contributed by atoms with Gasteiger partial charge in [-0.3, -0.25) is 9.89 Å². The average molecular weight is 689 g/mol. The molecule has 226 valence electrons. The van der Waals surface area contributed by atoms with Crippen LogP contribution in [0.2, 0.25) is 0 Å². The van der Waals surface area contributed by atoms with E-state index in [-0.39, 0.29) is 22.2 Å². The summed E-state index contributed by atoms with van der Waals surface area (Å²) in [5, 5.41) is 14.9. The minimum absolute atomic E-state index is 0. The number of hydrogen-bond donors (Lipinski definition) is 1. The fourth-order valence-corrected chi connectivity index (χ4v) is 6.42. The molecule has 6 rings (SSSR count). The molecule has 44 heavy (non-hydrogen) atoms. The summed E-state index contributed by atoms with van der Waals surface area (Å²) in [5.41, 5.74) is 6.00. The van der Waals surface area contributed by atoms with Gasteiger partial charge in [-0.05, 0) is 17.7 Å². The summed E-state index contributed by atoms with van der Waals surface area (Å²) in [6, 6.07) is 48.6. The number of rotatable bonds is 8. The van der Waals surface area contributed by atoms with Crippen LogP contribution in [-0.4, -0.2) is 56.5 Å². The largest absolute Gasteiger partial charge is 2.00 e. The Labute approximate surface area is 280 Å². The molecule has 0 radical (unpaired) electrons. The van der Waals surface area contributed by atoms with Crippen LogP contribution < -0.4 is 32.3 Å². The fraction of sp³-hybridized carbons (Fsp3) is 0.162. The zero-order valence-corrected chi connectivity index (χ0v) is 27.2. The number of piperazine rings is 1. The molecule has 7 heteroatoms. The predicted octanol–water partition coefficient (Wildman–Crippen LogP) is 3.91. The second-order valence-corrected chi connectivity index (χ2v) is 11.7. The maximum atomic E-state index is 11.5. The molecule has 1 aliphatic heterocycles. The molecule has 5 aromatic rings. The fourth-order valence-electron chi connectivity index (χ4n) is 6.04. The topological polar surface area (TPSA) is 50.7 Å². The van der Waals surface area contributed by atoms with Crippen molar-refractivity contribution in [2.24, 2.45) is 4.99 Å². The first-order chi connectivity index (χ1) is 21.2. The standard InChI is InChI=1S/C24H20B.C13H18BrN3O.Ni/c1-5-13-21(14-6-1)25(22-15-7-2-8-16-22,23-17-9-3-10-18-23)24-19-11-4-12-20-24;14-12-1-2-13(18)11(9-12)10-16-5-8-17-6-3-15-4-7-17;/h1-20H;1-2,9-10,15,18H,3-8H2;/q-1;;+2/p-1. The molecule has 1 heterocycles. The monoisotopic (exact) mass is 687 g/mol. The van der Waals surface area contributed by atoms with Crippen LogP contribution in [0.25, 0.3) is 0 Å². The summed E-state index contributed by atoms with van der Waals surface area (Å²) in [6.07, 6.45) is 0.460. The first-order valence-corrected chi connectivity index (χ1v) is 15.7. The van der Waals surface area contributed by atoms with Gasteiger partial charge in [0.25, 0.3) is 0 Å². The van der Waals surface area contributed by atoms with Gasteiger partial charge in [-0.1, -0.05) is 149 Å². The molecular formula is C37H37BBrN3NiO. The molecule has 0 spiro atoms. The molecule has 0 aliphatic carbocycles. The van der Waals surface area contributed by atoms with Crippen molar-refractivity contribution in [3.05, 3.63) is 150 Å². The average Bonchev–Trinajstić information content (AvgIpc) is 3.08. The Kier molecular flexibility index (Phi) is 13.0. The van der Waals surface area contributed by atoms with E-state index in [1.165, 1.54) is 21.9 Å². The first kappa shape index (κ1) is 33.4. The zero-order chi connectivity index (χ0) is 29.7. The maximum absolute atomic E-state index is 11.5. The van der Waals surface area contributed by atoms with Crippen LogP contribution in [0.4, 0.5) is 0 Å². The van der Waals surface area contributed by atoms with Crippen LogP contribution in [0.15, 0.2) is 149 Å². The Balaban J connectivity index is 0.000000207. The van der Waals surface area contributed by atoms with Gasteiger partial charge in [0, 0.05) is 43.4 Å². The molecule has 0 bridgehead atoms. The molecule has 0 saturated carbocycles. The van der Waals surface area contributed by atoms with Crippen LogP contribution in [0.5, 0.6) is 5.75 Å². The van der Waals surface area contributed by atoms with Crippen molar-refractivity contribution < 1.29 is 21.6 Å². The van der Waals surface area contributed by atoms with Crippen molar-refractivity contribution in [1.82, 2.24) is 10.2 Å². The smallest absolute Gasteiger partial charge is 0.872 e. The van der Waals surface area contributed by atoms with Crippen LogP contribution >= 0.6 is 15.9 Å². The molecule has 0 atom stereocenters. The number of aliphatic imine (C=N–C) groups is 1. The van der Waals surface area contributed by atoms with Gasteiger partial charge in [0.2, 0.25) is 0 Å². The van der Waals surface area contributed by atoms with Crippen molar-refractivity contribution in [2.75, 3.05) is 39.3 Å². The zero-order valence-electron chi connectivity index (χ0n) is 24.7. The molecule has 1 fully saturated rings. The third-order valence-electron chi connectivity index (χ3n) is 8.16. The third-order valence-corrected chi connectivity index (χ3v) is 8.65. The van der Waals surface area contributed by atoms with Gasteiger partial charge in [0.1, 0.15) is 6.15 Å². The summed E-state index contributed by atoms with van der Waals surface area (Å²) >= 11 is 3.35. The van der Waals surface area contributed by atoms with Crippen LogP contribution in [-0.2, 0) is 16.5 Å². The SMILES string of the molecule is [Ni+2].[O-]c1ccc(Br)cc1C=NCCN1CCNCC1.c1ccc([B-](c2ccccc2)(c2ccccc2)c2ccccc2)cc1. The first-order valence-electron chi connectivity index (χ1n) is 14.9. The van der Waals surface area contributed by atoms with Gasteiger partial charge in [0.15, 0.2) is 0 Å². The van der Waals surface area contributed by atoms with E-state index in [1.54, 1.807) is 24.4 Å². The van der Waals surface area contributed by atoms with Gasteiger partial charge in [0.05, 0.1) is 6.54 Å². The molecule has 0 unspecified atom stereocenters. The van der Waals surface area contributed by atoms with E-state index in [0.29, 0.717) is 5.56 Å². The van der Waals surface area contributed by atoms with E-state index in [2.05, 4.69) is 152 Å². The summed E-state index contributed by atoms with van der Waals surface area (Å²) in [4.78, 5) is 6.71. The Hall–Kier alpha value is -3.47. The van der Waals surface area contributed by atoms with E-state index >= 15 is 0 Å². The summed E-state index contributed by atoms with van der Waals surface area (Å²) in [6.45, 7) is 5.98. The Morgan fingerprint density at radius 2 is 1.11 bits per heavy atom. The van der Waals surface area contributed by atoms with Crippen molar-refractivity contribution in [3.63, 3.8) is 0 Å². The second-order valence-electron chi connectivity index (χ2n) is 10.8. The molecule has 5 aromatic carbocycles. The summed E-state index contributed by atoms with van der Waals surface area (Å²) < 4.78 is 0.908. The molecule has 1 N–H and O–H groups in total. The second kappa shape index (κ2) is 17.1. The number of benzene rings is 5. The van der Waals surface area contributed by atoms with E-state index < -0.39 is 6.15 Å². The summed E-state index contributed by atoms with van der Waals surface area (Å²) in [5.74, 6) is 0.0177. The van der Waals surface area contributed by atoms with Gasteiger partial charge in [-0.2, -0.15) is 21.9 Å². The Bertz CT molecular complexity index is 1410. The van der Waals surface area contributed by atoms with E-state index in [1.807, 2.05) is 0 Å². The van der Waals surface area contributed by atoms with Crippen molar-refractivity contribution in [3.8, 4) is 5.75 Å². The minimum Gasteiger partial charge on any atom is -0.872 e. The van der Waals surface area contributed by atoms with E-state index in [9.17, 15) is 5.11 Å². The van der Waals surface area contributed by atoms with Gasteiger partial charge in [-0.15, -0.1) is 0 Å². The number of nitrogens with zero attached hydrogens (tertiary/aromatic N) is 2. The number of nitrogens with one attached hydrogen (secondary N) is 1. The molecular weight excluding hydrogens is 652 g/mol. The van der Waals surface area contributed by atoms with Crippen molar-refractivity contribution in [2.45, 2.75) is 0 Å². The van der Waals surface area contributed by atoms with Crippen molar-refractivity contribution in [1.29, 1.82) is 0 Å². The third kappa shape index (κ3) is 8.37. The molecule has 1 saturated heterocycles. The predicted molar refractivity (Wildman–Crippen MR) is 185 cm³/mol. The van der Waals surface area contributed by atoms with Crippen LogP contribution in [0, 0.1) is 0 Å². The van der Waals surface area contributed by atoms with Crippen LogP contribution in [0.1, 0.15) is 5.56 Å². The van der Waals surface area contributed by atoms with E-state index in [0.717, 1.165) is 43.7 Å². The summed E-state index contributed by atoms with van der Waals surface area (Å²) in [7, 11) is 0. The van der Waals surface area contributed by atoms with Gasteiger partial charge >= 0.3 is 16.5 Å². The normalized spacial score (nSPS) is 13.5. The molecule has 4 nitrogen and oxygen atoms in total. The maximum Gasteiger partial charge on any atom is 2.00 e. The molecule has 0 amide bonds. The van der Waals surface area contributed by atoms with Gasteiger partial charge < -0.3 is 10.4 Å². The Morgan fingerprint density at radius 3 is 1.55 bits per heavy atom. The van der Waals surface area contributed by atoms with Crippen LogP contribution in [0.3, 0.4) is 0 Å². The number of hydrogen-bond acceptors (Lipinski definition) is 4. The quantitative estimate of drug-likeness (QED) is 0.199. The van der Waals surface area contributed by atoms with Gasteiger partial charge in [-0.25, -0.2) is 0 Å². The minimum atomic E-state index is -1.22.